The Morgan fingerprint density at radius 2 is 1.75 bits per heavy atom. The summed E-state index contributed by atoms with van der Waals surface area (Å²) in [6.45, 7) is 0. The molecule has 0 saturated heterocycles. The summed E-state index contributed by atoms with van der Waals surface area (Å²) in [5, 5.41) is 10.7. The van der Waals surface area contributed by atoms with Crippen molar-refractivity contribution in [1.82, 2.24) is 9.66 Å². The summed E-state index contributed by atoms with van der Waals surface area (Å²) in [5.74, 6) is -0.191. The van der Waals surface area contributed by atoms with Crippen LogP contribution in [0.4, 0.5) is 20.8 Å². The molecule has 0 unspecified atom stereocenters. The largest absolute Gasteiger partial charge is 0.326 e. The number of nitrogens with one attached hydrogen (secondary N) is 2. The quantitative estimate of drug-likeness (QED) is 0.327. The van der Waals surface area contributed by atoms with Crippen LogP contribution in [0.15, 0.2) is 84.1 Å². The van der Waals surface area contributed by atoms with Crippen molar-refractivity contribution in [3.8, 4) is 11.3 Å². The van der Waals surface area contributed by atoms with E-state index in [-0.39, 0.29) is 11.8 Å². The van der Waals surface area contributed by atoms with Gasteiger partial charge in [0.15, 0.2) is 0 Å². The zero-order valence-corrected chi connectivity index (χ0v) is 18.0. The van der Waals surface area contributed by atoms with Crippen molar-refractivity contribution in [2.24, 2.45) is 5.10 Å². The molecule has 0 radical (unpaired) electrons. The SMILES string of the molecule is O=C(Nc1ccccc1)Nc1nc(-c2ccc(F)cc2)cn1/N=C/c1ccc(Cl)cc1Cl. The summed E-state index contributed by atoms with van der Waals surface area (Å²) in [6, 6.07) is 19.4. The minimum absolute atomic E-state index is 0.166. The number of hydrogen-bond acceptors (Lipinski definition) is 3. The van der Waals surface area contributed by atoms with Gasteiger partial charge in [0.25, 0.3) is 0 Å². The minimum atomic E-state index is -0.492. The number of halogens is 3. The predicted molar refractivity (Wildman–Crippen MR) is 126 cm³/mol. The third-order valence-electron chi connectivity index (χ3n) is 4.37. The van der Waals surface area contributed by atoms with E-state index in [9.17, 15) is 9.18 Å². The third kappa shape index (κ3) is 5.32. The summed E-state index contributed by atoms with van der Waals surface area (Å²) in [4.78, 5) is 16.9. The van der Waals surface area contributed by atoms with Crippen molar-refractivity contribution in [2.75, 3.05) is 10.6 Å². The molecule has 0 atom stereocenters. The molecular formula is C23H16Cl2FN5O. The number of urea groups is 1. The fourth-order valence-electron chi connectivity index (χ4n) is 2.82. The Kier molecular flexibility index (Phi) is 6.49. The molecule has 2 N–H and O–H groups in total. The molecule has 6 nitrogen and oxygen atoms in total. The Labute approximate surface area is 193 Å². The van der Waals surface area contributed by atoms with E-state index in [2.05, 4.69) is 20.7 Å². The van der Waals surface area contributed by atoms with Crippen LogP contribution in [-0.4, -0.2) is 21.9 Å². The second-order valence-electron chi connectivity index (χ2n) is 6.66. The fourth-order valence-corrected chi connectivity index (χ4v) is 3.28. The average Bonchev–Trinajstić information content (AvgIpc) is 3.16. The van der Waals surface area contributed by atoms with Crippen LogP contribution in [0.3, 0.4) is 0 Å². The zero-order chi connectivity index (χ0) is 22.5. The van der Waals surface area contributed by atoms with E-state index in [0.717, 1.165) is 0 Å². The summed E-state index contributed by atoms with van der Waals surface area (Å²) in [6.07, 6.45) is 3.14. The number of amides is 2. The monoisotopic (exact) mass is 467 g/mol. The first-order valence-electron chi connectivity index (χ1n) is 9.46. The lowest BCUT2D eigenvalue weighted by molar-refractivity contribution is 0.262. The molecule has 0 bridgehead atoms. The highest BCUT2D eigenvalue weighted by Gasteiger charge is 2.13. The van der Waals surface area contributed by atoms with Crippen molar-refractivity contribution >= 4 is 47.1 Å². The number of nitrogens with zero attached hydrogens (tertiary/aromatic N) is 3. The molecule has 2 amide bonds. The van der Waals surface area contributed by atoms with Gasteiger partial charge in [0.2, 0.25) is 5.95 Å². The van der Waals surface area contributed by atoms with Gasteiger partial charge < -0.3 is 5.32 Å². The number of anilines is 2. The molecule has 0 aliphatic carbocycles. The number of aromatic nitrogens is 2. The van der Waals surface area contributed by atoms with Crippen LogP contribution in [0, 0.1) is 5.82 Å². The highest BCUT2D eigenvalue weighted by molar-refractivity contribution is 6.36. The number of carbonyl (C=O) groups excluding carboxylic acids is 1. The summed E-state index contributed by atoms with van der Waals surface area (Å²) >= 11 is 12.2. The van der Waals surface area contributed by atoms with Crippen molar-refractivity contribution in [3.63, 3.8) is 0 Å². The number of rotatable bonds is 5. The number of benzene rings is 3. The van der Waals surface area contributed by atoms with Crippen LogP contribution in [-0.2, 0) is 0 Å². The molecule has 32 heavy (non-hydrogen) atoms. The van der Waals surface area contributed by atoms with Gasteiger partial charge in [-0.3, -0.25) is 5.32 Å². The lowest BCUT2D eigenvalue weighted by Gasteiger charge is -2.07. The van der Waals surface area contributed by atoms with Crippen molar-refractivity contribution < 1.29 is 9.18 Å². The van der Waals surface area contributed by atoms with Gasteiger partial charge in [0, 0.05) is 21.8 Å². The molecule has 1 heterocycles. The highest BCUT2D eigenvalue weighted by Crippen LogP contribution is 2.23. The van der Waals surface area contributed by atoms with Crippen LogP contribution in [0.25, 0.3) is 11.3 Å². The second kappa shape index (κ2) is 9.64. The molecule has 0 saturated carbocycles. The standard InChI is InChI=1S/C23H16Cl2FN5O/c24-17-9-6-16(20(25)12-17)13-27-31-14-21(15-7-10-18(26)11-8-15)29-22(31)30-23(32)28-19-4-2-1-3-5-19/h1-14H,(H2,28,29,30,32)/b27-13+. The molecule has 9 heteroatoms. The normalized spacial score (nSPS) is 11.0. The highest BCUT2D eigenvalue weighted by atomic mass is 35.5. The lowest BCUT2D eigenvalue weighted by atomic mass is 10.2. The van der Waals surface area contributed by atoms with Gasteiger partial charge >= 0.3 is 6.03 Å². The lowest BCUT2D eigenvalue weighted by Crippen LogP contribution is -2.21. The molecular weight excluding hydrogens is 452 g/mol. The Balaban J connectivity index is 1.64. The van der Waals surface area contributed by atoms with E-state index < -0.39 is 6.03 Å². The van der Waals surface area contributed by atoms with Gasteiger partial charge in [0.1, 0.15) is 5.82 Å². The number of carbonyl (C=O) groups is 1. The van der Waals surface area contributed by atoms with Crippen LogP contribution in [0.2, 0.25) is 10.0 Å². The molecule has 4 aromatic rings. The Bertz CT molecular complexity index is 1270. The van der Waals surface area contributed by atoms with E-state index in [4.69, 9.17) is 23.2 Å². The summed E-state index contributed by atoms with van der Waals surface area (Å²) in [7, 11) is 0. The first-order chi connectivity index (χ1) is 15.5. The average molecular weight is 468 g/mol. The van der Waals surface area contributed by atoms with Crippen LogP contribution >= 0.6 is 23.2 Å². The summed E-state index contributed by atoms with van der Waals surface area (Å²) in [5.41, 5.74) is 2.42. The number of hydrogen-bond donors (Lipinski definition) is 2. The molecule has 4 rings (SSSR count). The Morgan fingerprint density at radius 3 is 2.47 bits per heavy atom. The first-order valence-corrected chi connectivity index (χ1v) is 10.2. The Morgan fingerprint density at radius 1 is 1.00 bits per heavy atom. The second-order valence-corrected chi connectivity index (χ2v) is 7.50. The molecule has 0 aliphatic rings. The van der Waals surface area contributed by atoms with Gasteiger partial charge in [-0.25, -0.2) is 18.8 Å². The first kappa shape index (κ1) is 21.5. The molecule has 0 aliphatic heterocycles. The van der Waals surface area contributed by atoms with E-state index in [0.29, 0.717) is 32.6 Å². The smallest absolute Gasteiger partial charge is 0.308 e. The van der Waals surface area contributed by atoms with E-state index in [1.807, 2.05) is 18.2 Å². The van der Waals surface area contributed by atoms with Crippen LogP contribution in [0.5, 0.6) is 0 Å². The molecule has 0 fully saturated rings. The van der Waals surface area contributed by atoms with E-state index >= 15 is 0 Å². The maximum Gasteiger partial charge on any atom is 0.326 e. The van der Waals surface area contributed by atoms with Crippen molar-refractivity contribution in [2.45, 2.75) is 0 Å². The van der Waals surface area contributed by atoms with Crippen molar-refractivity contribution in [1.29, 1.82) is 0 Å². The van der Waals surface area contributed by atoms with Gasteiger partial charge in [-0.05, 0) is 48.5 Å². The van der Waals surface area contributed by atoms with Gasteiger partial charge in [-0.15, -0.1) is 0 Å². The van der Waals surface area contributed by atoms with Crippen LogP contribution < -0.4 is 10.6 Å². The fraction of sp³-hybridized carbons (Fsp3) is 0. The molecule has 1 aromatic heterocycles. The van der Waals surface area contributed by atoms with Gasteiger partial charge in [-0.1, -0.05) is 47.5 Å². The zero-order valence-electron chi connectivity index (χ0n) is 16.5. The topological polar surface area (TPSA) is 71.3 Å². The van der Waals surface area contributed by atoms with E-state index in [1.165, 1.54) is 23.0 Å². The number of imidazole rings is 1. The number of para-hydroxylation sites is 1. The van der Waals surface area contributed by atoms with Gasteiger partial charge in [0.05, 0.1) is 23.1 Å². The van der Waals surface area contributed by atoms with Gasteiger partial charge in [-0.2, -0.15) is 5.10 Å². The van der Waals surface area contributed by atoms with Crippen molar-refractivity contribution in [3.05, 3.63) is 100 Å². The summed E-state index contributed by atoms with van der Waals surface area (Å²) < 4.78 is 14.7. The Hall–Kier alpha value is -3.68. The maximum absolute atomic E-state index is 13.3. The third-order valence-corrected chi connectivity index (χ3v) is 4.93. The minimum Gasteiger partial charge on any atom is -0.308 e. The molecule has 160 valence electrons. The van der Waals surface area contributed by atoms with Crippen LogP contribution in [0.1, 0.15) is 5.56 Å². The van der Waals surface area contributed by atoms with E-state index in [1.54, 1.807) is 48.7 Å². The predicted octanol–water partition coefficient (Wildman–Crippen LogP) is 6.52. The molecule has 0 spiro atoms. The maximum atomic E-state index is 13.3. The molecule has 3 aromatic carbocycles.